The Morgan fingerprint density at radius 1 is 1.23 bits per heavy atom. The second-order valence-corrected chi connectivity index (χ2v) is 7.28. The predicted octanol–water partition coefficient (Wildman–Crippen LogP) is 0.494. The molecule has 4 rings (SSSR count). The van der Waals surface area contributed by atoms with Gasteiger partial charge >= 0.3 is 5.97 Å². The van der Waals surface area contributed by atoms with Crippen LogP contribution in [0, 0.1) is 11.8 Å². The fourth-order valence-corrected chi connectivity index (χ4v) is 4.32. The van der Waals surface area contributed by atoms with Crippen LogP contribution in [0.4, 0.5) is 0 Å². The third kappa shape index (κ3) is 3.17. The molecule has 1 aromatic rings. The minimum atomic E-state index is -0.404. The molecule has 0 spiro atoms. The fourth-order valence-electron chi connectivity index (χ4n) is 4.32. The van der Waals surface area contributed by atoms with Gasteiger partial charge in [-0.1, -0.05) is 18.2 Å². The quantitative estimate of drug-likeness (QED) is 0.749. The number of hydrogen-bond acceptors (Lipinski definition) is 6. The normalized spacial score (nSPS) is 30.6. The first-order valence-corrected chi connectivity index (χ1v) is 9.25. The molecule has 7 heteroatoms. The van der Waals surface area contributed by atoms with E-state index >= 15 is 0 Å². The third-order valence-corrected chi connectivity index (χ3v) is 5.79. The highest BCUT2D eigenvalue weighted by molar-refractivity contribution is 5.80. The van der Waals surface area contributed by atoms with Gasteiger partial charge in [-0.15, -0.1) is 0 Å². The number of esters is 1. The van der Waals surface area contributed by atoms with Crippen LogP contribution >= 0.6 is 0 Å². The molecule has 3 heterocycles. The van der Waals surface area contributed by atoms with Crippen molar-refractivity contribution in [2.75, 3.05) is 26.8 Å². The average Bonchev–Trinajstić information content (AvgIpc) is 2.97. The van der Waals surface area contributed by atoms with Crippen LogP contribution < -0.4 is 15.6 Å². The summed E-state index contributed by atoms with van der Waals surface area (Å²) < 4.78 is 10.7. The van der Waals surface area contributed by atoms with E-state index < -0.39 is 6.04 Å². The fraction of sp³-hybridized carbons (Fsp3) is 0.579. The van der Waals surface area contributed by atoms with Crippen LogP contribution in [0.15, 0.2) is 24.3 Å². The SMILES string of the molecule is COC(=O)C1NNC2CCN(C(=O)C3CCOc4ccccc4C3)CC21. The van der Waals surface area contributed by atoms with Crippen molar-refractivity contribution in [2.24, 2.45) is 11.8 Å². The summed E-state index contributed by atoms with van der Waals surface area (Å²) >= 11 is 0. The number of methoxy groups -OCH3 is 1. The zero-order valence-corrected chi connectivity index (χ0v) is 14.9. The lowest BCUT2D eigenvalue weighted by molar-refractivity contribution is -0.146. The molecule has 0 saturated carbocycles. The van der Waals surface area contributed by atoms with Gasteiger partial charge in [-0.25, -0.2) is 5.43 Å². The number of piperidine rings is 1. The number of hydrazine groups is 1. The zero-order chi connectivity index (χ0) is 18.1. The van der Waals surface area contributed by atoms with Crippen LogP contribution in [-0.4, -0.2) is 55.7 Å². The van der Waals surface area contributed by atoms with Crippen LogP contribution in [0.2, 0.25) is 0 Å². The van der Waals surface area contributed by atoms with Gasteiger partial charge in [0, 0.05) is 31.0 Å². The van der Waals surface area contributed by atoms with Crippen molar-refractivity contribution < 1.29 is 19.1 Å². The molecule has 0 aromatic heterocycles. The molecule has 1 amide bonds. The molecule has 2 fully saturated rings. The van der Waals surface area contributed by atoms with E-state index in [9.17, 15) is 9.59 Å². The Kier molecular flexibility index (Phi) is 4.82. The van der Waals surface area contributed by atoms with Crippen LogP contribution in [-0.2, 0) is 20.7 Å². The maximum atomic E-state index is 13.2. The largest absolute Gasteiger partial charge is 0.493 e. The van der Waals surface area contributed by atoms with Crippen LogP contribution in [0.3, 0.4) is 0 Å². The number of para-hydroxylation sites is 1. The van der Waals surface area contributed by atoms with Gasteiger partial charge in [0.25, 0.3) is 0 Å². The van der Waals surface area contributed by atoms with Gasteiger partial charge in [-0.2, -0.15) is 0 Å². The smallest absolute Gasteiger partial charge is 0.324 e. The Balaban J connectivity index is 1.46. The summed E-state index contributed by atoms with van der Waals surface area (Å²) in [6, 6.07) is 7.73. The molecule has 140 valence electrons. The number of nitrogens with zero attached hydrogens (tertiary/aromatic N) is 1. The Hall–Kier alpha value is -2.12. The number of fused-ring (bicyclic) bond motifs is 2. The number of rotatable bonds is 2. The molecular weight excluding hydrogens is 334 g/mol. The Bertz CT molecular complexity index is 695. The second kappa shape index (κ2) is 7.25. The molecular formula is C19H25N3O4. The first kappa shape index (κ1) is 17.3. The molecule has 0 bridgehead atoms. The highest BCUT2D eigenvalue weighted by atomic mass is 16.5. The predicted molar refractivity (Wildman–Crippen MR) is 94.3 cm³/mol. The van der Waals surface area contributed by atoms with E-state index in [-0.39, 0.29) is 29.8 Å². The van der Waals surface area contributed by atoms with Crippen molar-refractivity contribution in [3.05, 3.63) is 29.8 Å². The second-order valence-electron chi connectivity index (χ2n) is 7.28. The molecule has 2 N–H and O–H groups in total. The standard InChI is InChI=1S/C19H25N3O4/c1-25-19(24)17-14-11-22(8-6-15(14)20-21-17)18(23)13-7-9-26-16-5-3-2-4-12(16)10-13/h2-5,13-15,17,20-21H,6-11H2,1H3. The molecule has 26 heavy (non-hydrogen) atoms. The van der Waals surface area contributed by atoms with Crippen molar-refractivity contribution >= 4 is 11.9 Å². The molecule has 0 aliphatic carbocycles. The average molecular weight is 359 g/mol. The van der Waals surface area contributed by atoms with E-state index in [2.05, 4.69) is 10.9 Å². The highest BCUT2D eigenvalue weighted by Crippen LogP contribution is 2.30. The first-order chi connectivity index (χ1) is 12.7. The molecule has 7 nitrogen and oxygen atoms in total. The van der Waals surface area contributed by atoms with Crippen molar-refractivity contribution in [3.8, 4) is 5.75 Å². The molecule has 4 atom stereocenters. The number of amides is 1. The molecule has 3 aliphatic rings. The van der Waals surface area contributed by atoms with Gasteiger partial charge in [-0.05, 0) is 30.9 Å². The summed E-state index contributed by atoms with van der Waals surface area (Å²) in [4.78, 5) is 27.1. The number of carbonyl (C=O) groups is 2. The van der Waals surface area contributed by atoms with Crippen LogP contribution in [0.1, 0.15) is 18.4 Å². The summed E-state index contributed by atoms with van der Waals surface area (Å²) in [5, 5.41) is 0. The summed E-state index contributed by atoms with van der Waals surface area (Å²) in [7, 11) is 1.39. The van der Waals surface area contributed by atoms with Gasteiger partial charge in [0.05, 0.1) is 13.7 Å². The van der Waals surface area contributed by atoms with Crippen LogP contribution in [0.25, 0.3) is 0 Å². The van der Waals surface area contributed by atoms with Crippen molar-refractivity contribution in [1.82, 2.24) is 15.8 Å². The third-order valence-electron chi connectivity index (χ3n) is 5.79. The monoisotopic (exact) mass is 359 g/mol. The highest BCUT2D eigenvalue weighted by Gasteiger charge is 2.45. The lowest BCUT2D eigenvalue weighted by atomic mass is 9.87. The molecule has 4 unspecified atom stereocenters. The number of nitrogens with one attached hydrogen (secondary N) is 2. The summed E-state index contributed by atoms with van der Waals surface area (Å²) in [5.74, 6) is 0.732. The van der Waals surface area contributed by atoms with Crippen molar-refractivity contribution in [3.63, 3.8) is 0 Å². The first-order valence-electron chi connectivity index (χ1n) is 9.25. The van der Waals surface area contributed by atoms with E-state index in [4.69, 9.17) is 9.47 Å². The number of ether oxygens (including phenoxy) is 2. The maximum Gasteiger partial charge on any atom is 0.324 e. The summed E-state index contributed by atoms with van der Waals surface area (Å²) in [5.41, 5.74) is 7.30. The molecule has 0 radical (unpaired) electrons. The Morgan fingerprint density at radius 2 is 2.08 bits per heavy atom. The van der Waals surface area contributed by atoms with Gasteiger partial charge in [-0.3, -0.25) is 15.0 Å². The number of likely N-dealkylation sites (tertiary alicyclic amines) is 1. The molecule has 1 aromatic carbocycles. The van der Waals surface area contributed by atoms with E-state index in [1.54, 1.807) is 0 Å². The van der Waals surface area contributed by atoms with Gasteiger partial charge in [0.1, 0.15) is 11.8 Å². The summed E-state index contributed by atoms with van der Waals surface area (Å²) in [6.07, 6.45) is 2.25. The van der Waals surface area contributed by atoms with E-state index in [0.717, 1.165) is 24.2 Å². The van der Waals surface area contributed by atoms with Crippen molar-refractivity contribution in [1.29, 1.82) is 0 Å². The molecule has 2 saturated heterocycles. The Labute approximate surface area is 153 Å². The lowest BCUT2D eigenvalue weighted by Gasteiger charge is -2.37. The Morgan fingerprint density at radius 3 is 2.92 bits per heavy atom. The number of benzene rings is 1. The minimum absolute atomic E-state index is 0.0365. The van der Waals surface area contributed by atoms with Crippen LogP contribution in [0.5, 0.6) is 5.75 Å². The van der Waals surface area contributed by atoms with E-state index in [1.165, 1.54) is 7.11 Å². The topological polar surface area (TPSA) is 79.9 Å². The van der Waals surface area contributed by atoms with Gasteiger partial charge < -0.3 is 14.4 Å². The van der Waals surface area contributed by atoms with E-state index in [1.807, 2.05) is 29.2 Å². The molecule has 3 aliphatic heterocycles. The minimum Gasteiger partial charge on any atom is -0.493 e. The zero-order valence-electron chi connectivity index (χ0n) is 14.9. The van der Waals surface area contributed by atoms with Gasteiger partial charge in [0.15, 0.2) is 0 Å². The lowest BCUT2D eigenvalue weighted by Crippen LogP contribution is -2.51. The number of hydrogen-bond donors (Lipinski definition) is 2. The maximum absolute atomic E-state index is 13.2. The van der Waals surface area contributed by atoms with E-state index in [0.29, 0.717) is 26.1 Å². The summed E-state index contributed by atoms with van der Waals surface area (Å²) in [6.45, 7) is 1.84. The van der Waals surface area contributed by atoms with Crippen molar-refractivity contribution in [2.45, 2.75) is 31.3 Å². The number of carbonyl (C=O) groups excluding carboxylic acids is 2. The van der Waals surface area contributed by atoms with Gasteiger partial charge in [0.2, 0.25) is 5.91 Å².